The van der Waals surface area contributed by atoms with Crippen molar-refractivity contribution in [2.45, 2.75) is 25.7 Å². The molecule has 0 N–H and O–H groups in total. The van der Waals surface area contributed by atoms with Crippen LogP contribution in [-0.2, 0) is 0 Å². The maximum absolute atomic E-state index is 5.94. The van der Waals surface area contributed by atoms with Gasteiger partial charge in [-0.1, -0.05) is 18.2 Å². The van der Waals surface area contributed by atoms with Gasteiger partial charge in [-0.05, 0) is 66.7 Å². The summed E-state index contributed by atoms with van der Waals surface area (Å²) in [5, 5.41) is 0.798. The van der Waals surface area contributed by atoms with E-state index in [4.69, 9.17) is 11.6 Å². The minimum Gasteiger partial charge on any atom is -0.363 e. The number of hydrogen-bond acceptors (Lipinski definition) is 1. The molecule has 1 aromatic rings. The molecule has 0 aromatic heterocycles. The van der Waals surface area contributed by atoms with Crippen LogP contribution in [0.5, 0.6) is 0 Å². The average Bonchev–Trinajstić information content (AvgIpc) is 2.39. The van der Waals surface area contributed by atoms with Crippen molar-refractivity contribution in [1.29, 1.82) is 0 Å². The van der Waals surface area contributed by atoms with Crippen LogP contribution < -0.4 is 4.90 Å². The van der Waals surface area contributed by atoms with Gasteiger partial charge in [0.15, 0.2) is 0 Å². The lowest BCUT2D eigenvalue weighted by molar-refractivity contribution is 0.638. The Kier molecular flexibility index (Phi) is 3.17. The van der Waals surface area contributed by atoms with Crippen molar-refractivity contribution in [3.63, 3.8) is 0 Å². The molecule has 18 heavy (non-hydrogen) atoms. The molecule has 0 saturated heterocycles. The lowest BCUT2D eigenvalue weighted by Gasteiger charge is -2.36. The second kappa shape index (κ2) is 4.81. The Bertz CT molecular complexity index is 498. The van der Waals surface area contributed by atoms with E-state index in [1.807, 2.05) is 12.1 Å². The van der Waals surface area contributed by atoms with Gasteiger partial charge in [0.05, 0.1) is 0 Å². The topological polar surface area (TPSA) is 3.24 Å². The Morgan fingerprint density at radius 2 is 1.72 bits per heavy atom. The molecule has 0 bridgehead atoms. The highest BCUT2D eigenvalue weighted by Crippen LogP contribution is 2.35. The molecular weight excluding hydrogens is 242 g/mol. The predicted molar refractivity (Wildman–Crippen MR) is 78.3 cm³/mol. The monoisotopic (exact) mass is 259 g/mol. The van der Waals surface area contributed by atoms with Crippen molar-refractivity contribution < 1.29 is 0 Å². The highest BCUT2D eigenvalue weighted by atomic mass is 35.5. The van der Waals surface area contributed by atoms with E-state index in [1.165, 1.54) is 36.9 Å². The van der Waals surface area contributed by atoms with Crippen molar-refractivity contribution in [3.8, 4) is 0 Å². The van der Waals surface area contributed by atoms with Crippen LogP contribution in [0.3, 0.4) is 0 Å². The van der Waals surface area contributed by atoms with E-state index in [0.717, 1.165) is 18.1 Å². The van der Waals surface area contributed by atoms with Crippen LogP contribution in [-0.4, -0.2) is 13.1 Å². The Hall–Kier alpha value is -1.21. The number of benzene rings is 1. The molecule has 94 valence electrons. The van der Waals surface area contributed by atoms with E-state index in [1.54, 1.807) is 11.1 Å². The molecule has 0 fully saturated rings. The fourth-order valence-electron chi connectivity index (χ4n) is 3.02. The molecule has 1 heterocycles. The smallest absolute Gasteiger partial charge is 0.0429 e. The molecule has 1 aliphatic carbocycles. The maximum atomic E-state index is 5.94. The summed E-state index contributed by atoms with van der Waals surface area (Å²) in [6.07, 6.45) is 5.15. The third kappa shape index (κ3) is 2.20. The van der Waals surface area contributed by atoms with Gasteiger partial charge in [0.1, 0.15) is 0 Å². The number of nitrogens with zero attached hydrogens (tertiary/aromatic N) is 1. The summed E-state index contributed by atoms with van der Waals surface area (Å²) in [5.74, 6) is 0. The summed E-state index contributed by atoms with van der Waals surface area (Å²) < 4.78 is 0. The van der Waals surface area contributed by atoms with Crippen molar-refractivity contribution in [2.24, 2.45) is 0 Å². The number of hydrogen-bond donors (Lipinski definition) is 0. The van der Waals surface area contributed by atoms with Gasteiger partial charge in [-0.2, -0.15) is 0 Å². The zero-order valence-corrected chi connectivity index (χ0v) is 11.3. The highest BCUT2D eigenvalue weighted by molar-refractivity contribution is 6.30. The van der Waals surface area contributed by atoms with Crippen LogP contribution in [0, 0.1) is 0 Å². The first-order valence-corrected chi connectivity index (χ1v) is 7.01. The molecule has 0 spiro atoms. The van der Waals surface area contributed by atoms with Crippen LogP contribution in [0.4, 0.5) is 5.69 Å². The second-order valence-electron chi connectivity index (χ2n) is 5.23. The van der Waals surface area contributed by atoms with Gasteiger partial charge in [-0.25, -0.2) is 0 Å². The summed E-state index contributed by atoms with van der Waals surface area (Å²) in [6.45, 7) is 6.29. The summed E-state index contributed by atoms with van der Waals surface area (Å²) in [6, 6.07) is 8.13. The normalized spacial score (nSPS) is 20.1. The minimum atomic E-state index is 0.798. The van der Waals surface area contributed by atoms with Crippen LogP contribution in [0.25, 0.3) is 0 Å². The van der Waals surface area contributed by atoms with E-state index in [0.29, 0.717) is 0 Å². The Labute approximate surface area is 114 Å². The first kappa shape index (κ1) is 11.9. The van der Waals surface area contributed by atoms with Gasteiger partial charge in [0, 0.05) is 23.8 Å². The lowest BCUT2D eigenvalue weighted by atomic mass is 9.84. The van der Waals surface area contributed by atoms with E-state index in [9.17, 15) is 0 Å². The molecule has 2 heteroatoms. The molecule has 1 aromatic carbocycles. The Morgan fingerprint density at radius 3 is 2.50 bits per heavy atom. The highest BCUT2D eigenvalue weighted by Gasteiger charge is 2.23. The van der Waals surface area contributed by atoms with Gasteiger partial charge in [0.25, 0.3) is 0 Å². The molecule has 0 amide bonds. The number of halogens is 1. The van der Waals surface area contributed by atoms with Crippen molar-refractivity contribution >= 4 is 17.3 Å². The quantitative estimate of drug-likeness (QED) is 0.713. The summed E-state index contributed by atoms with van der Waals surface area (Å²) in [4.78, 5) is 2.41. The first-order chi connectivity index (χ1) is 8.74. The molecule has 1 nitrogen and oxygen atoms in total. The third-order valence-corrected chi connectivity index (χ3v) is 4.22. The number of anilines is 1. The van der Waals surface area contributed by atoms with Gasteiger partial charge < -0.3 is 4.90 Å². The van der Waals surface area contributed by atoms with Crippen LogP contribution in [0.15, 0.2) is 47.6 Å². The van der Waals surface area contributed by atoms with Gasteiger partial charge >= 0.3 is 0 Å². The number of rotatable bonds is 1. The predicted octanol–water partition coefficient (Wildman–Crippen LogP) is 4.59. The zero-order chi connectivity index (χ0) is 12.5. The fraction of sp³-hybridized carbons (Fsp3) is 0.375. The third-order valence-electron chi connectivity index (χ3n) is 3.96. The largest absolute Gasteiger partial charge is 0.363 e. The standard InChI is InChI=1S/C16H18ClN/c1-12-10-18(15-8-6-14(17)7-9-15)11-13-4-2-3-5-16(12)13/h6-9H,1-5,10-11H2. The van der Waals surface area contributed by atoms with Crippen LogP contribution in [0.1, 0.15) is 25.7 Å². The van der Waals surface area contributed by atoms with E-state index in [2.05, 4.69) is 23.6 Å². The molecule has 0 unspecified atom stereocenters. The van der Waals surface area contributed by atoms with Crippen LogP contribution >= 0.6 is 11.6 Å². The van der Waals surface area contributed by atoms with Gasteiger partial charge in [-0.15, -0.1) is 0 Å². The summed E-state index contributed by atoms with van der Waals surface area (Å²) in [7, 11) is 0. The average molecular weight is 260 g/mol. The van der Waals surface area contributed by atoms with Crippen molar-refractivity contribution in [1.82, 2.24) is 0 Å². The Morgan fingerprint density at radius 1 is 1.00 bits per heavy atom. The Balaban J connectivity index is 1.87. The molecular formula is C16H18ClN. The SMILES string of the molecule is C=C1CN(c2ccc(Cl)cc2)CC2=C1CCCC2. The van der Waals surface area contributed by atoms with Gasteiger partial charge in [-0.3, -0.25) is 0 Å². The molecule has 3 rings (SSSR count). The molecule has 1 aliphatic heterocycles. The second-order valence-corrected chi connectivity index (χ2v) is 5.66. The van der Waals surface area contributed by atoms with Crippen LogP contribution in [0.2, 0.25) is 5.02 Å². The fourth-order valence-corrected chi connectivity index (χ4v) is 3.14. The van der Waals surface area contributed by atoms with E-state index < -0.39 is 0 Å². The molecule has 0 saturated carbocycles. The molecule has 2 aliphatic rings. The molecule has 0 atom stereocenters. The van der Waals surface area contributed by atoms with Crippen molar-refractivity contribution in [2.75, 3.05) is 18.0 Å². The minimum absolute atomic E-state index is 0.798. The lowest BCUT2D eigenvalue weighted by Crippen LogP contribution is -2.33. The van der Waals surface area contributed by atoms with E-state index in [-0.39, 0.29) is 0 Å². The first-order valence-electron chi connectivity index (χ1n) is 6.63. The zero-order valence-electron chi connectivity index (χ0n) is 10.6. The molecule has 0 radical (unpaired) electrons. The summed E-state index contributed by atoms with van der Waals surface area (Å²) >= 11 is 5.94. The summed E-state index contributed by atoms with van der Waals surface area (Å²) in [5.41, 5.74) is 5.72. The maximum Gasteiger partial charge on any atom is 0.0429 e. The van der Waals surface area contributed by atoms with Gasteiger partial charge in [0.2, 0.25) is 0 Å². The van der Waals surface area contributed by atoms with E-state index >= 15 is 0 Å². The van der Waals surface area contributed by atoms with Crippen molar-refractivity contribution in [3.05, 3.63) is 52.6 Å².